The summed E-state index contributed by atoms with van der Waals surface area (Å²) >= 11 is 4.97. The quantitative estimate of drug-likeness (QED) is 0.787. The number of piperidine rings is 1. The average molecular weight is 417 g/mol. The Hall–Kier alpha value is -0.950. The third kappa shape index (κ3) is 4.53. The highest BCUT2D eigenvalue weighted by Crippen LogP contribution is 2.31. The predicted octanol–water partition coefficient (Wildman–Crippen LogP) is 4.24. The summed E-state index contributed by atoms with van der Waals surface area (Å²) in [6, 6.07) is 8.07. The molecule has 23 heavy (non-hydrogen) atoms. The molecule has 1 aromatic carbocycles. The van der Waals surface area contributed by atoms with E-state index in [-0.39, 0.29) is 24.2 Å². The van der Waals surface area contributed by atoms with E-state index in [1.165, 1.54) is 11.3 Å². The van der Waals surface area contributed by atoms with Crippen molar-refractivity contribution in [3.8, 4) is 11.3 Å². The Morgan fingerprint density at radius 3 is 2.61 bits per heavy atom. The Bertz CT molecular complexity index is 668. The van der Waals surface area contributed by atoms with Crippen LogP contribution in [0.4, 0.5) is 5.13 Å². The van der Waals surface area contributed by atoms with Crippen molar-refractivity contribution in [3.63, 3.8) is 0 Å². The minimum atomic E-state index is 0. The van der Waals surface area contributed by atoms with E-state index in [1.807, 2.05) is 31.2 Å². The maximum atomic E-state index is 12.3. The second-order valence-electron chi connectivity index (χ2n) is 5.44. The van der Waals surface area contributed by atoms with Crippen LogP contribution in [0, 0.1) is 12.8 Å². The zero-order valence-electron chi connectivity index (χ0n) is 12.8. The van der Waals surface area contributed by atoms with Crippen molar-refractivity contribution in [2.45, 2.75) is 19.8 Å². The SMILES string of the molecule is Cc1sc(NC(=O)C2CCNCC2)nc1-c1ccc(Br)cc1.Cl. The van der Waals surface area contributed by atoms with Crippen LogP contribution >= 0.6 is 39.7 Å². The summed E-state index contributed by atoms with van der Waals surface area (Å²) in [5.74, 6) is 0.194. The highest BCUT2D eigenvalue weighted by Gasteiger charge is 2.22. The van der Waals surface area contributed by atoms with Gasteiger partial charge in [-0.05, 0) is 45.0 Å². The highest BCUT2D eigenvalue weighted by atomic mass is 79.9. The molecule has 0 radical (unpaired) electrons. The van der Waals surface area contributed by atoms with Gasteiger partial charge in [0.1, 0.15) is 0 Å². The fourth-order valence-corrected chi connectivity index (χ4v) is 3.72. The van der Waals surface area contributed by atoms with Gasteiger partial charge >= 0.3 is 0 Å². The van der Waals surface area contributed by atoms with Crippen LogP contribution in [0.3, 0.4) is 0 Å². The van der Waals surface area contributed by atoms with Crippen LogP contribution in [-0.2, 0) is 4.79 Å². The van der Waals surface area contributed by atoms with E-state index < -0.39 is 0 Å². The average Bonchev–Trinajstić information content (AvgIpc) is 2.89. The van der Waals surface area contributed by atoms with Crippen molar-refractivity contribution in [2.75, 3.05) is 18.4 Å². The van der Waals surface area contributed by atoms with Gasteiger partial charge in [-0.1, -0.05) is 28.1 Å². The molecule has 0 unspecified atom stereocenters. The van der Waals surface area contributed by atoms with E-state index >= 15 is 0 Å². The molecule has 0 spiro atoms. The molecule has 1 amide bonds. The van der Waals surface area contributed by atoms with Crippen molar-refractivity contribution in [2.24, 2.45) is 5.92 Å². The third-order valence-corrected chi connectivity index (χ3v) is 5.27. The smallest absolute Gasteiger partial charge is 0.229 e. The van der Waals surface area contributed by atoms with Crippen molar-refractivity contribution in [3.05, 3.63) is 33.6 Å². The van der Waals surface area contributed by atoms with E-state index in [0.29, 0.717) is 5.13 Å². The van der Waals surface area contributed by atoms with Crippen LogP contribution in [0.5, 0.6) is 0 Å². The molecule has 7 heteroatoms. The maximum Gasteiger partial charge on any atom is 0.229 e. The van der Waals surface area contributed by atoms with Crippen molar-refractivity contribution in [1.82, 2.24) is 10.3 Å². The number of anilines is 1. The number of rotatable bonds is 3. The molecule has 2 N–H and O–H groups in total. The minimum Gasteiger partial charge on any atom is -0.317 e. The fourth-order valence-electron chi connectivity index (χ4n) is 2.62. The van der Waals surface area contributed by atoms with Crippen LogP contribution in [0.25, 0.3) is 11.3 Å². The predicted molar refractivity (Wildman–Crippen MR) is 101 cm³/mol. The van der Waals surface area contributed by atoms with Gasteiger partial charge in [-0.2, -0.15) is 0 Å². The topological polar surface area (TPSA) is 54.0 Å². The zero-order chi connectivity index (χ0) is 15.5. The number of aryl methyl sites for hydroxylation is 1. The van der Waals surface area contributed by atoms with Crippen molar-refractivity contribution >= 4 is 50.7 Å². The van der Waals surface area contributed by atoms with Crippen LogP contribution in [-0.4, -0.2) is 24.0 Å². The van der Waals surface area contributed by atoms with Gasteiger partial charge in [0, 0.05) is 20.8 Å². The highest BCUT2D eigenvalue weighted by molar-refractivity contribution is 9.10. The van der Waals surface area contributed by atoms with E-state index in [0.717, 1.165) is 46.5 Å². The van der Waals surface area contributed by atoms with E-state index in [9.17, 15) is 4.79 Å². The number of carbonyl (C=O) groups is 1. The summed E-state index contributed by atoms with van der Waals surface area (Å²) in [6.07, 6.45) is 1.80. The van der Waals surface area contributed by atoms with Gasteiger partial charge in [0.05, 0.1) is 5.69 Å². The van der Waals surface area contributed by atoms with Crippen molar-refractivity contribution in [1.29, 1.82) is 0 Å². The lowest BCUT2D eigenvalue weighted by atomic mass is 9.97. The molecular formula is C16H19BrClN3OS. The molecule has 2 aromatic rings. The van der Waals surface area contributed by atoms with Gasteiger partial charge in [0.15, 0.2) is 5.13 Å². The largest absolute Gasteiger partial charge is 0.317 e. The first-order chi connectivity index (χ1) is 10.6. The lowest BCUT2D eigenvalue weighted by Crippen LogP contribution is -2.34. The molecule has 0 aliphatic carbocycles. The molecule has 1 aliphatic rings. The van der Waals surface area contributed by atoms with Crippen LogP contribution in [0.1, 0.15) is 17.7 Å². The molecule has 1 fully saturated rings. The normalized spacial score (nSPS) is 15.0. The summed E-state index contributed by atoms with van der Waals surface area (Å²) in [5, 5.41) is 6.95. The first-order valence-electron chi connectivity index (χ1n) is 7.38. The molecule has 0 saturated carbocycles. The number of thiazole rings is 1. The monoisotopic (exact) mass is 415 g/mol. The van der Waals surface area contributed by atoms with Crippen LogP contribution in [0.15, 0.2) is 28.7 Å². The van der Waals surface area contributed by atoms with Gasteiger partial charge in [-0.3, -0.25) is 4.79 Å². The Morgan fingerprint density at radius 1 is 1.30 bits per heavy atom. The molecule has 1 aromatic heterocycles. The first kappa shape index (κ1) is 18.4. The van der Waals surface area contributed by atoms with Gasteiger partial charge in [0.2, 0.25) is 5.91 Å². The Kier molecular flexibility index (Phi) is 6.59. The number of hydrogen-bond donors (Lipinski definition) is 2. The molecule has 0 atom stereocenters. The molecule has 2 heterocycles. The number of carbonyl (C=O) groups excluding carboxylic acids is 1. The second-order valence-corrected chi connectivity index (χ2v) is 7.56. The van der Waals surface area contributed by atoms with E-state index in [2.05, 4.69) is 31.5 Å². The van der Waals surface area contributed by atoms with Crippen LogP contribution < -0.4 is 10.6 Å². The third-order valence-electron chi connectivity index (χ3n) is 3.85. The van der Waals surface area contributed by atoms with Gasteiger partial charge in [0.25, 0.3) is 0 Å². The maximum absolute atomic E-state index is 12.3. The van der Waals surface area contributed by atoms with Crippen molar-refractivity contribution < 1.29 is 4.79 Å². The minimum absolute atomic E-state index is 0. The number of hydrogen-bond acceptors (Lipinski definition) is 4. The van der Waals surface area contributed by atoms with Gasteiger partial charge < -0.3 is 10.6 Å². The van der Waals surface area contributed by atoms with E-state index in [4.69, 9.17) is 0 Å². The molecule has 0 bridgehead atoms. The Morgan fingerprint density at radius 2 is 1.96 bits per heavy atom. The molecule has 1 aliphatic heterocycles. The molecular weight excluding hydrogens is 398 g/mol. The number of benzene rings is 1. The molecule has 1 saturated heterocycles. The summed E-state index contributed by atoms with van der Waals surface area (Å²) in [4.78, 5) is 18.0. The second kappa shape index (κ2) is 8.24. The molecule has 124 valence electrons. The van der Waals surface area contributed by atoms with E-state index in [1.54, 1.807) is 0 Å². The lowest BCUT2D eigenvalue weighted by Gasteiger charge is -2.21. The van der Waals surface area contributed by atoms with Gasteiger partial charge in [-0.25, -0.2) is 4.98 Å². The first-order valence-corrected chi connectivity index (χ1v) is 8.99. The zero-order valence-corrected chi connectivity index (χ0v) is 16.0. The van der Waals surface area contributed by atoms with Crippen LogP contribution in [0.2, 0.25) is 0 Å². The Balaban J connectivity index is 0.00000192. The standard InChI is InChI=1S/C16H18BrN3OS.ClH/c1-10-14(11-2-4-13(17)5-3-11)19-16(22-10)20-15(21)12-6-8-18-9-7-12;/h2-5,12,18H,6-9H2,1H3,(H,19,20,21);1H. The fraction of sp³-hybridized carbons (Fsp3) is 0.375. The number of amides is 1. The summed E-state index contributed by atoms with van der Waals surface area (Å²) in [5.41, 5.74) is 2.01. The summed E-state index contributed by atoms with van der Waals surface area (Å²) in [6.45, 7) is 3.87. The number of nitrogens with zero attached hydrogens (tertiary/aromatic N) is 1. The Labute approximate surface area is 154 Å². The van der Waals surface area contributed by atoms with Gasteiger partial charge in [-0.15, -0.1) is 23.7 Å². The summed E-state index contributed by atoms with van der Waals surface area (Å²) < 4.78 is 1.04. The summed E-state index contributed by atoms with van der Waals surface area (Å²) in [7, 11) is 0. The molecule has 3 rings (SSSR count). The molecule has 4 nitrogen and oxygen atoms in total. The lowest BCUT2D eigenvalue weighted by molar-refractivity contribution is -0.120. The number of nitrogens with one attached hydrogen (secondary N) is 2. The number of halogens is 2. The number of aromatic nitrogens is 1.